The van der Waals surface area contributed by atoms with Crippen molar-refractivity contribution in [1.29, 1.82) is 0 Å². The van der Waals surface area contributed by atoms with E-state index >= 15 is 0 Å². The second-order valence-electron chi connectivity index (χ2n) is 6.29. The van der Waals surface area contributed by atoms with Crippen LogP contribution in [-0.2, 0) is 5.41 Å². The lowest BCUT2D eigenvalue weighted by atomic mass is 9.86. The molecule has 0 saturated heterocycles. The van der Waals surface area contributed by atoms with E-state index in [4.69, 9.17) is 0 Å². The first-order valence-electron chi connectivity index (χ1n) is 7.43. The van der Waals surface area contributed by atoms with E-state index in [-0.39, 0.29) is 11.2 Å². The van der Waals surface area contributed by atoms with Crippen LogP contribution in [0.25, 0.3) is 0 Å². The smallest absolute Gasteiger partial charge is 0.174 e. The molecule has 1 aromatic carbocycles. The van der Waals surface area contributed by atoms with Crippen molar-refractivity contribution in [3.8, 4) is 0 Å². The third kappa shape index (κ3) is 4.92. The van der Waals surface area contributed by atoms with Gasteiger partial charge in [0.1, 0.15) is 5.01 Å². The van der Waals surface area contributed by atoms with Gasteiger partial charge in [-0.25, -0.2) is 0 Å². The van der Waals surface area contributed by atoms with Crippen LogP contribution >= 0.6 is 23.1 Å². The predicted octanol–water partition coefficient (Wildman–Crippen LogP) is 4.90. The number of rotatable bonds is 6. The SMILES string of the molecule is Cc1nnc(SCCCC(=O)c2ccc(C(C)(C)C)cc2)s1. The van der Waals surface area contributed by atoms with Crippen LogP contribution in [0.1, 0.15) is 54.5 Å². The van der Waals surface area contributed by atoms with Crippen LogP contribution in [0.5, 0.6) is 0 Å². The van der Waals surface area contributed by atoms with Gasteiger partial charge in [-0.05, 0) is 24.3 Å². The maximum atomic E-state index is 12.2. The number of aromatic nitrogens is 2. The maximum Gasteiger partial charge on any atom is 0.174 e. The van der Waals surface area contributed by atoms with Crippen LogP contribution in [0.4, 0.5) is 0 Å². The Morgan fingerprint density at radius 2 is 1.86 bits per heavy atom. The molecule has 0 radical (unpaired) electrons. The van der Waals surface area contributed by atoms with E-state index in [1.165, 1.54) is 5.56 Å². The van der Waals surface area contributed by atoms with E-state index in [1.807, 2.05) is 19.1 Å². The van der Waals surface area contributed by atoms with Gasteiger partial charge in [0, 0.05) is 17.7 Å². The fraction of sp³-hybridized carbons (Fsp3) is 0.471. The Kier molecular flexibility index (Phi) is 5.75. The quantitative estimate of drug-likeness (QED) is 0.428. The van der Waals surface area contributed by atoms with Crippen LogP contribution in [0.15, 0.2) is 28.6 Å². The van der Waals surface area contributed by atoms with Crippen molar-refractivity contribution < 1.29 is 4.79 Å². The van der Waals surface area contributed by atoms with Gasteiger partial charge in [-0.15, -0.1) is 10.2 Å². The number of hydrogen-bond acceptors (Lipinski definition) is 5. The molecule has 0 unspecified atom stereocenters. The van der Waals surface area contributed by atoms with Crippen molar-refractivity contribution in [2.24, 2.45) is 0 Å². The zero-order chi connectivity index (χ0) is 16.2. The molecule has 0 aliphatic rings. The van der Waals surface area contributed by atoms with E-state index in [1.54, 1.807) is 23.1 Å². The summed E-state index contributed by atoms with van der Waals surface area (Å²) < 4.78 is 0.986. The maximum absolute atomic E-state index is 12.2. The topological polar surface area (TPSA) is 42.9 Å². The van der Waals surface area contributed by atoms with Gasteiger partial charge in [-0.2, -0.15) is 0 Å². The zero-order valence-electron chi connectivity index (χ0n) is 13.5. The van der Waals surface area contributed by atoms with Crippen molar-refractivity contribution in [2.45, 2.75) is 50.3 Å². The number of carbonyl (C=O) groups excluding carboxylic acids is 1. The molecule has 0 aliphatic carbocycles. The first-order chi connectivity index (χ1) is 10.4. The Labute approximate surface area is 140 Å². The molecular weight excluding hydrogens is 312 g/mol. The van der Waals surface area contributed by atoms with Crippen LogP contribution in [-0.4, -0.2) is 21.7 Å². The molecule has 1 heterocycles. The van der Waals surface area contributed by atoms with Gasteiger partial charge in [0.2, 0.25) is 0 Å². The minimum atomic E-state index is 0.123. The van der Waals surface area contributed by atoms with Gasteiger partial charge in [-0.1, -0.05) is 68.1 Å². The molecule has 22 heavy (non-hydrogen) atoms. The lowest BCUT2D eigenvalue weighted by molar-refractivity contribution is 0.0982. The van der Waals surface area contributed by atoms with Crippen molar-refractivity contribution in [1.82, 2.24) is 10.2 Å². The molecule has 118 valence electrons. The summed E-state index contributed by atoms with van der Waals surface area (Å²) in [5, 5.41) is 9.04. The van der Waals surface area contributed by atoms with E-state index in [0.717, 1.165) is 27.1 Å². The fourth-order valence-electron chi connectivity index (χ4n) is 2.03. The van der Waals surface area contributed by atoms with E-state index in [9.17, 15) is 4.79 Å². The third-order valence-corrected chi connectivity index (χ3v) is 5.41. The third-order valence-electron chi connectivity index (χ3n) is 3.35. The largest absolute Gasteiger partial charge is 0.294 e. The minimum Gasteiger partial charge on any atom is -0.294 e. The molecule has 0 atom stereocenters. The second kappa shape index (κ2) is 7.38. The Morgan fingerprint density at radius 3 is 2.41 bits per heavy atom. The molecule has 0 bridgehead atoms. The number of hydrogen-bond donors (Lipinski definition) is 0. The molecule has 2 rings (SSSR count). The summed E-state index contributed by atoms with van der Waals surface area (Å²) in [6.45, 7) is 8.48. The summed E-state index contributed by atoms with van der Waals surface area (Å²) in [5.74, 6) is 1.12. The highest BCUT2D eigenvalue weighted by Crippen LogP contribution is 2.24. The van der Waals surface area contributed by atoms with Gasteiger partial charge >= 0.3 is 0 Å². The fourth-order valence-corrected chi connectivity index (χ4v) is 3.85. The van der Waals surface area contributed by atoms with Gasteiger partial charge in [0.25, 0.3) is 0 Å². The van der Waals surface area contributed by atoms with Gasteiger partial charge in [-0.3, -0.25) is 4.79 Å². The van der Waals surface area contributed by atoms with Crippen molar-refractivity contribution >= 4 is 28.9 Å². The Bertz CT molecular complexity index is 627. The standard InChI is InChI=1S/C17H22N2OS2/c1-12-18-19-16(22-12)21-11-5-6-15(20)13-7-9-14(10-8-13)17(2,3)4/h7-10H,5-6,11H2,1-4H3. The predicted molar refractivity (Wildman–Crippen MR) is 94.1 cm³/mol. The molecule has 2 aromatic rings. The Balaban J connectivity index is 1.79. The second-order valence-corrected chi connectivity index (χ2v) is 8.81. The molecule has 0 saturated carbocycles. The number of aryl methyl sites for hydroxylation is 1. The summed E-state index contributed by atoms with van der Waals surface area (Å²) in [5.41, 5.74) is 2.19. The van der Waals surface area contributed by atoms with E-state index in [0.29, 0.717) is 6.42 Å². The molecule has 0 aliphatic heterocycles. The van der Waals surface area contributed by atoms with Crippen molar-refractivity contribution in [3.05, 3.63) is 40.4 Å². The summed E-state index contributed by atoms with van der Waals surface area (Å²) in [6.07, 6.45) is 1.45. The number of thioether (sulfide) groups is 1. The average Bonchev–Trinajstić information content (AvgIpc) is 2.88. The molecule has 5 heteroatoms. The Hall–Kier alpha value is -1.20. The first kappa shape index (κ1) is 17.2. The number of nitrogens with zero attached hydrogens (tertiary/aromatic N) is 2. The summed E-state index contributed by atoms with van der Waals surface area (Å²) in [6, 6.07) is 8.02. The molecule has 0 amide bonds. The minimum absolute atomic E-state index is 0.123. The highest BCUT2D eigenvalue weighted by Gasteiger charge is 2.14. The normalized spacial score (nSPS) is 11.6. The number of carbonyl (C=O) groups is 1. The van der Waals surface area contributed by atoms with Gasteiger partial charge < -0.3 is 0 Å². The Morgan fingerprint density at radius 1 is 1.18 bits per heavy atom. The molecule has 0 fully saturated rings. The number of Topliss-reactive ketones (excluding diaryl/α,β-unsaturated/α-hetero) is 1. The summed E-state index contributed by atoms with van der Waals surface area (Å²) in [4.78, 5) is 12.2. The van der Waals surface area contributed by atoms with Crippen LogP contribution in [0.3, 0.4) is 0 Å². The molecule has 1 aromatic heterocycles. The van der Waals surface area contributed by atoms with E-state index in [2.05, 4.69) is 43.1 Å². The van der Waals surface area contributed by atoms with E-state index < -0.39 is 0 Å². The average molecular weight is 335 g/mol. The first-order valence-corrected chi connectivity index (χ1v) is 9.23. The van der Waals surface area contributed by atoms with Crippen LogP contribution in [0, 0.1) is 6.92 Å². The van der Waals surface area contributed by atoms with Crippen LogP contribution in [0.2, 0.25) is 0 Å². The summed E-state index contributed by atoms with van der Waals surface area (Å²) in [7, 11) is 0. The van der Waals surface area contributed by atoms with Gasteiger partial charge in [0.15, 0.2) is 10.1 Å². The highest BCUT2D eigenvalue weighted by molar-refractivity contribution is 8.01. The van der Waals surface area contributed by atoms with Crippen LogP contribution < -0.4 is 0 Å². The lowest BCUT2D eigenvalue weighted by Crippen LogP contribution is -2.11. The number of ketones is 1. The molecule has 3 nitrogen and oxygen atoms in total. The molecule has 0 spiro atoms. The van der Waals surface area contributed by atoms with Gasteiger partial charge in [0.05, 0.1) is 0 Å². The van der Waals surface area contributed by atoms with Crippen molar-refractivity contribution in [2.75, 3.05) is 5.75 Å². The highest BCUT2D eigenvalue weighted by atomic mass is 32.2. The zero-order valence-corrected chi connectivity index (χ0v) is 15.2. The number of benzene rings is 1. The summed E-state index contributed by atoms with van der Waals surface area (Å²) >= 11 is 3.28. The molecule has 0 N–H and O–H groups in total. The lowest BCUT2D eigenvalue weighted by Gasteiger charge is -2.18. The monoisotopic (exact) mass is 334 g/mol. The van der Waals surface area contributed by atoms with Crippen molar-refractivity contribution in [3.63, 3.8) is 0 Å². The molecular formula is C17H22N2OS2.